The second-order valence-corrected chi connectivity index (χ2v) is 16.0. The number of nitrogens with one attached hydrogen (secondary N) is 1. The lowest BCUT2D eigenvalue weighted by Gasteiger charge is -2.31. The maximum atomic E-state index is 15.2. The Labute approximate surface area is 338 Å². The number of hydrogen-bond acceptors (Lipinski definition) is 12. The van der Waals surface area contributed by atoms with E-state index in [-0.39, 0.29) is 30.5 Å². The molecule has 4 aliphatic heterocycles. The first-order valence-corrected chi connectivity index (χ1v) is 20.0. The Balaban J connectivity index is 1.10. The van der Waals surface area contributed by atoms with E-state index in [1.165, 1.54) is 24.3 Å². The summed E-state index contributed by atoms with van der Waals surface area (Å²) in [5.41, 5.74) is 3.54. The second kappa shape index (κ2) is 14.8. The van der Waals surface area contributed by atoms with E-state index in [4.69, 9.17) is 39.2 Å². The number of imidazole rings is 1. The highest BCUT2D eigenvalue weighted by molar-refractivity contribution is 5.94. The molecule has 1 N–H and O–H groups in total. The third-order valence-electron chi connectivity index (χ3n) is 12.3. The van der Waals surface area contributed by atoms with Crippen LogP contribution in [0.4, 0.5) is 20.4 Å². The Morgan fingerprint density at radius 1 is 0.932 bits per heavy atom. The number of hydrogen-bond donors (Lipinski definition) is 1. The Bertz CT molecular complexity index is 2600. The van der Waals surface area contributed by atoms with Crippen molar-refractivity contribution in [3.63, 3.8) is 0 Å². The van der Waals surface area contributed by atoms with Crippen LogP contribution in [-0.4, -0.2) is 135 Å². The largest absolute Gasteiger partial charge is 0.490 e. The molecule has 0 radical (unpaired) electrons. The molecule has 1 unspecified atom stereocenters. The van der Waals surface area contributed by atoms with E-state index in [1.54, 1.807) is 43.1 Å². The van der Waals surface area contributed by atoms with Crippen molar-refractivity contribution in [3.05, 3.63) is 78.0 Å². The molecule has 15 nitrogen and oxygen atoms in total. The van der Waals surface area contributed by atoms with Gasteiger partial charge in [-0.1, -0.05) is 6.07 Å². The van der Waals surface area contributed by atoms with E-state index in [9.17, 15) is 9.18 Å². The van der Waals surface area contributed by atoms with Gasteiger partial charge in [0.1, 0.15) is 59.0 Å². The van der Waals surface area contributed by atoms with Gasteiger partial charge in [0.2, 0.25) is 5.91 Å². The van der Waals surface area contributed by atoms with Crippen molar-refractivity contribution in [3.8, 4) is 22.7 Å². The number of carbonyl (C=O) groups excluding carboxylic acids is 1. The first-order chi connectivity index (χ1) is 28.6. The van der Waals surface area contributed by atoms with Crippen molar-refractivity contribution in [2.75, 3.05) is 70.8 Å². The topological polar surface area (TPSA) is 141 Å². The highest BCUT2D eigenvalue weighted by atomic mass is 19.1. The van der Waals surface area contributed by atoms with E-state index < -0.39 is 23.8 Å². The fourth-order valence-corrected chi connectivity index (χ4v) is 9.41. The van der Waals surface area contributed by atoms with E-state index >= 15 is 4.39 Å². The molecule has 6 atom stereocenters. The Hall–Kier alpha value is -5.78. The lowest BCUT2D eigenvalue weighted by molar-refractivity contribution is -0.132. The molecule has 8 bridgehead atoms. The number of methoxy groups -OCH3 is 2. The average Bonchev–Trinajstić information content (AvgIpc) is 4.01. The van der Waals surface area contributed by atoms with Crippen molar-refractivity contribution < 1.29 is 27.8 Å². The minimum atomic E-state index is -0.633. The third-order valence-corrected chi connectivity index (χ3v) is 12.3. The van der Waals surface area contributed by atoms with Crippen LogP contribution >= 0.6 is 0 Å². The summed E-state index contributed by atoms with van der Waals surface area (Å²) in [6.07, 6.45) is 2.21. The number of halogens is 2. The predicted octanol–water partition coefficient (Wildman–Crippen LogP) is 4.24. The molecule has 0 saturated carbocycles. The molecule has 2 aromatic carbocycles. The monoisotopic (exact) mass is 805 g/mol. The SMILES string of the molecule is CO[C@H]1CN(C)C(=O)[C@@H]2C[C@@H](CN2c2nc3nc4c2cnn4-c2ccc(F)cc2OCCN2C[C@@H](C3)[C@H](OC)C2)Nc2cccc(n2)-c2cc(F)cc3nc(C)n(c23)C1. The second-order valence-electron chi connectivity index (χ2n) is 16.0. The van der Waals surface area contributed by atoms with Crippen LogP contribution in [0.2, 0.25) is 0 Å². The van der Waals surface area contributed by atoms with Crippen LogP contribution in [0.3, 0.4) is 0 Å². The highest BCUT2D eigenvalue weighted by Crippen LogP contribution is 2.37. The molecule has 2 saturated heterocycles. The normalized spacial score (nSPS) is 24.5. The summed E-state index contributed by atoms with van der Waals surface area (Å²) in [6.45, 7) is 5.41. The Morgan fingerprint density at radius 3 is 2.66 bits per heavy atom. The van der Waals surface area contributed by atoms with E-state index in [0.29, 0.717) is 102 Å². The number of fused-ring (bicyclic) bond motifs is 10. The molecule has 4 aliphatic rings. The van der Waals surface area contributed by atoms with Gasteiger partial charge in [0, 0.05) is 90.1 Å². The van der Waals surface area contributed by atoms with Gasteiger partial charge in [0.05, 0.1) is 47.1 Å². The molecule has 8 heterocycles. The maximum Gasteiger partial charge on any atom is 0.245 e. The van der Waals surface area contributed by atoms with Gasteiger partial charge in [-0.2, -0.15) is 5.10 Å². The number of anilines is 2. The van der Waals surface area contributed by atoms with Gasteiger partial charge in [-0.15, -0.1) is 0 Å². The van der Waals surface area contributed by atoms with Crippen LogP contribution in [0, 0.1) is 24.5 Å². The van der Waals surface area contributed by atoms with Gasteiger partial charge in [0.25, 0.3) is 0 Å². The zero-order valence-corrected chi connectivity index (χ0v) is 33.3. The van der Waals surface area contributed by atoms with Crippen LogP contribution in [0.5, 0.6) is 5.75 Å². The van der Waals surface area contributed by atoms with E-state index in [0.717, 1.165) is 18.6 Å². The van der Waals surface area contributed by atoms with Gasteiger partial charge in [-0.05, 0) is 43.7 Å². The molecule has 1 amide bonds. The summed E-state index contributed by atoms with van der Waals surface area (Å²) in [6, 6.07) is 12.1. The molecular weight excluding hydrogens is 761 g/mol. The first kappa shape index (κ1) is 37.5. The molecule has 4 aromatic heterocycles. The number of nitrogens with zero attached hydrogens (tertiary/aromatic N) is 10. The average molecular weight is 806 g/mol. The number of rotatable bonds is 3. The lowest BCUT2D eigenvalue weighted by atomic mass is 10.0. The fourth-order valence-electron chi connectivity index (χ4n) is 9.41. The van der Waals surface area contributed by atoms with Crippen molar-refractivity contribution >= 4 is 39.6 Å². The minimum Gasteiger partial charge on any atom is -0.490 e. The maximum absolute atomic E-state index is 15.2. The van der Waals surface area contributed by atoms with E-state index in [1.807, 2.05) is 29.7 Å². The number of pyridine rings is 1. The Kier molecular flexibility index (Phi) is 9.40. The molecule has 17 heteroatoms. The molecule has 10 rings (SSSR count). The summed E-state index contributed by atoms with van der Waals surface area (Å²) in [7, 11) is 5.15. The summed E-state index contributed by atoms with van der Waals surface area (Å²) in [5, 5.41) is 9.04. The van der Waals surface area contributed by atoms with Gasteiger partial charge >= 0.3 is 0 Å². The zero-order chi connectivity index (χ0) is 40.5. The number of carbonyl (C=O) groups is 1. The zero-order valence-electron chi connectivity index (χ0n) is 33.3. The van der Waals surface area contributed by atoms with Crippen LogP contribution in [0.25, 0.3) is 39.0 Å². The quantitative estimate of drug-likeness (QED) is 0.274. The van der Waals surface area contributed by atoms with Crippen molar-refractivity contribution in [2.24, 2.45) is 5.92 Å². The molecule has 306 valence electrons. The number of benzene rings is 2. The number of aryl methyl sites for hydroxylation is 1. The summed E-state index contributed by atoms with van der Waals surface area (Å²) < 4.78 is 51.8. The van der Waals surface area contributed by atoms with Crippen LogP contribution < -0.4 is 15.0 Å². The van der Waals surface area contributed by atoms with Gasteiger partial charge in [-0.3, -0.25) is 9.69 Å². The van der Waals surface area contributed by atoms with Crippen LogP contribution in [-0.2, 0) is 27.2 Å². The smallest absolute Gasteiger partial charge is 0.245 e. The van der Waals surface area contributed by atoms with E-state index in [2.05, 4.69) is 15.1 Å². The number of likely N-dealkylation sites (N-methyl/N-ethyl adjacent to an activating group) is 1. The predicted molar refractivity (Wildman–Crippen MR) is 216 cm³/mol. The van der Waals surface area contributed by atoms with Crippen molar-refractivity contribution in [1.29, 1.82) is 0 Å². The lowest BCUT2D eigenvalue weighted by Crippen LogP contribution is -2.47. The molecule has 0 aliphatic carbocycles. The molecule has 59 heavy (non-hydrogen) atoms. The fraction of sp³-hybridized carbons (Fsp3) is 0.429. The Morgan fingerprint density at radius 2 is 1.81 bits per heavy atom. The summed E-state index contributed by atoms with van der Waals surface area (Å²) in [5.74, 6) is 1.96. The minimum absolute atomic E-state index is 0.0480. The molecular formula is C42H45F2N11O4. The first-order valence-electron chi connectivity index (χ1n) is 20.0. The summed E-state index contributed by atoms with van der Waals surface area (Å²) in [4.78, 5) is 41.0. The van der Waals surface area contributed by atoms with Gasteiger partial charge in [0.15, 0.2) is 5.65 Å². The molecule has 0 spiro atoms. The summed E-state index contributed by atoms with van der Waals surface area (Å²) >= 11 is 0. The molecule has 2 fully saturated rings. The van der Waals surface area contributed by atoms with Crippen LogP contribution in [0.15, 0.2) is 54.7 Å². The number of amides is 1. The highest BCUT2D eigenvalue weighted by Gasteiger charge is 2.42. The standard InChI is InChI=1S/C42H45F2N11O4/c1-23-46-32-14-26(44)13-29-31-6-5-7-37(48-31)47-27-16-34(42(56)51(2)20-28(57-3)21-53(23)39(29)32)54(19-27)40-30-17-45-55-33-9-8-25(43)15-35(33)59-11-10-52-18-24(36(22-52)58-4)12-38(49-40)50-41(30)55/h5-9,13-15,17,24,27-28,34,36H,10-12,16,18-22H2,1-4H3,(H,47,48)/t24-,27+,28+,34+,36-/m1/s1. The van der Waals surface area contributed by atoms with Gasteiger partial charge in [-0.25, -0.2) is 33.4 Å². The van der Waals surface area contributed by atoms with Crippen molar-refractivity contribution in [2.45, 2.75) is 50.6 Å². The molecule has 6 aromatic rings. The number of ether oxygens (including phenoxy) is 3. The van der Waals surface area contributed by atoms with Crippen molar-refractivity contribution in [1.82, 2.24) is 44.1 Å². The number of aromatic nitrogens is 7. The third kappa shape index (κ3) is 6.70. The van der Waals surface area contributed by atoms with Crippen LogP contribution in [0.1, 0.15) is 18.1 Å². The van der Waals surface area contributed by atoms with Gasteiger partial charge < -0.3 is 33.9 Å².